The van der Waals surface area contributed by atoms with Gasteiger partial charge in [-0.25, -0.2) is 5.84 Å². The largest absolute Gasteiger partial charge is 0.394 e. The Kier molecular flexibility index (Phi) is 6.36. The molecule has 0 aromatic rings. The number of carbonyl (C=O) groups excluding carboxylic acids is 1. The van der Waals surface area contributed by atoms with E-state index in [2.05, 4.69) is 5.84 Å². The van der Waals surface area contributed by atoms with E-state index < -0.39 is 43.0 Å². The maximum absolute atomic E-state index is 10.8. The molecule has 96 valence electrons. The van der Waals surface area contributed by atoms with Gasteiger partial charge in [-0.1, -0.05) is 0 Å². The molecule has 0 aliphatic heterocycles. The Morgan fingerprint density at radius 2 is 1.56 bits per heavy atom. The lowest BCUT2D eigenvalue weighted by Crippen LogP contribution is -2.54. The van der Waals surface area contributed by atoms with E-state index in [0.717, 1.165) is 0 Å². The normalized spacial score (nSPS) is 20.7. The van der Waals surface area contributed by atoms with Crippen molar-refractivity contribution in [3.05, 3.63) is 0 Å². The van der Waals surface area contributed by atoms with E-state index >= 15 is 0 Å². The Bertz CT molecular complexity index is 227. The summed E-state index contributed by atoms with van der Waals surface area (Å²) in [5.74, 6) is 3.50. The first-order valence-electron chi connectivity index (χ1n) is 4.38. The molecule has 0 heterocycles. The summed E-state index contributed by atoms with van der Waals surface area (Å²) in [4.78, 5) is 10.8. The molecule has 0 saturated carbocycles. The number of hydrazine groups is 1. The molecule has 0 unspecified atom stereocenters. The van der Waals surface area contributed by atoms with Gasteiger partial charge in [0.15, 0.2) is 6.10 Å². The van der Waals surface area contributed by atoms with Gasteiger partial charge < -0.3 is 30.6 Å². The molecule has 16 heavy (non-hydrogen) atoms. The molecule has 0 fully saturated rings. The van der Waals surface area contributed by atoms with Crippen molar-refractivity contribution in [3.8, 4) is 0 Å². The van der Waals surface area contributed by atoms with Crippen molar-refractivity contribution in [2.75, 3.05) is 6.61 Å². The number of rotatable bonds is 6. The van der Waals surface area contributed by atoms with Gasteiger partial charge in [0, 0.05) is 0 Å². The summed E-state index contributed by atoms with van der Waals surface area (Å²) in [7, 11) is 0. The van der Waals surface area contributed by atoms with Gasteiger partial charge in [0.05, 0.1) is 6.61 Å². The highest BCUT2D eigenvalue weighted by Gasteiger charge is 2.36. The lowest BCUT2D eigenvalue weighted by Gasteiger charge is -2.27. The van der Waals surface area contributed by atoms with E-state index in [0.29, 0.717) is 0 Å². The first kappa shape index (κ1) is 15.2. The van der Waals surface area contributed by atoms with Crippen molar-refractivity contribution in [1.82, 2.24) is 5.43 Å². The molecule has 1 amide bonds. The number of hydrogen-bond donors (Lipinski definition) is 8. The molecule has 9 heteroatoms. The SMILES string of the molecule is NNC(=O)[C@@H](O)[C@@H](O)[C@@H](O)[C@H](O)[C@@H](O)CO. The highest BCUT2D eigenvalue weighted by atomic mass is 16.4. The molecule has 0 spiro atoms. The summed E-state index contributed by atoms with van der Waals surface area (Å²) in [6, 6.07) is 0. The molecule has 9 N–H and O–H groups in total. The van der Waals surface area contributed by atoms with Crippen LogP contribution in [-0.2, 0) is 4.79 Å². The van der Waals surface area contributed by atoms with E-state index in [1.54, 1.807) is 0 Å². The fraction of sp³-hybridized carbons (Fsp3) is 0.857. The number of amides is 1. The third-order valence-electron chi connectivity index (χ3n) is 2.02. The van der Waals surface area contributed by atoms with Gasteiger partial charge in [0.1, 0.15) is 24.4 Å². The maximum Gasteiger partial charge on any atom is 0.265 e. The van der Waals surface area contributed by atoms with Gasteiger partial charge >= 0.3 is 0 Å². The van der Waals surface area contributed by atoms with Gasteiger partial charge in [-0.3, -0.25) is 10.2 Å². The predicted octanol–water partition coefficient (Wildman–Crippen LogP) is -5.23. The van der Waals surface area contributed by atoms with Crippen molar-refractivity contribution in [1.29, 1.82) is 0 Å². The van der Waals surface area contributed by atoms with Crippen molar-refractivity contribution in [2.24, 2.45) is 5.84 Å². The zero-order chi connectivity index (χ0) is 12.9. The van der Waals surface area contributed by atoms with Gasteiger partial charge in [0.2, 0.25) is 0 Å². The average molecular weight is 240 g/mol. The van der Waals surface area contributed by atoms with Crippen LogP contribution in [0.15, 0.2) is 0 Å². The second-order valence-corrected chi connectivity index (χ2v) is 3.18. The number of carbonyl (C=O) groups is 1. The minimum atomic E-state index is -2.07. The van der Waals surface area contributed by atoms with Crippen LogP contribution in [0.5, 0.6) is 0 Å². The fourth-order valence-electron chi connectivity index (χ4n) is 0.965. The maximum atomic E-state index is 10.8. The number of nitrogens with two attached hydrogens (primary N) is 1. The average Bonchev–Trinajstić information content (AvgIpc) is 2.32. The highest BCUT2D eigenvalue weighted by Crippen LogP contribution is 2.08. The third kappa shape index (κ3) is 3.64. The van der Waals surface area contributed by atoms with Crippen molar-refractivity contribution < 1.29 is 35.4 Å². The predicted molar refractivity (Wildman–Crippen MR) is 49.4 cm³/mol. The smallest absolute Gasteiger partial charge is 0.265 e. The minimum Gasteiger partial charge on any atom is -0.394 e. The first-order valence-corrected chi connectivity index (χ1v) is 4.38. The molecule has 5 atom stereocenters. The fourth-order valence-corrected chi connectivity index (χ4v) is 0.965. The first-order chi connectivity index (χ1) is 7.36. The zero-order valence-corrected chi connectivity index (χ0v) is 8.26. The second kappa shape index (κ2) is 6.70. The molecule has 0 aliphatic carbocycles. The van der Waals surface area contributed by atoms with E-state index in [1.807, 2.05) is 0 Å². The van der Waals surface area contributed by atoms with Crippen LogP contribution in [-0.4, -0.2) is 73.7 Å². The molecule has 0 aromatic carbocycles. The Hall–Kier alpha value is -0.810. The Morgan fingerprint density at radius 3 is 1.94 bits per heavy atom. The number of hydrogen-bond acceptors (Lipinski definition) is 8. The number of aliphatic hydroxyl groups is 6. The van der Waals surface area contributed by atoms with Crippen molar-refractivity contribution in [3.63, 3.8) is 0 Å². The summed E-state index contributed by atoms with van der Waals surface area (Å²) >= 11 is 0. The van der Waals surface area contributed by atoms with Crippen LogP contribution in [0.1, 0.15) is 0 Å². The lowest BCUT2D eigenvalue weighted by molar-refractivity contribution is -0.156. The monoisotopic (exact) mass is 240 g/mol. The number of nitrogens with one attached hydrogen (secondary N) is 1. The van der Waals surface area contributed by atoms with Crippen LogP contribution < -0.4 is 11.3 Å². The molecule has 0 radical (unpaired) electrons. The quantitative estimate of drug-likeness (QED) is 0.129. The van der Waals surface area contributed by atoms with Gasteiger partial charge in [-0.05, 0) is 0 Å². The summed E-state index contributed by atoms with van der Waals surface area (Å²) in [5, 5.41) is 54.2. The summed E-state index contributed by atoms with van der Waals surface area (Å²) in [6.07, 6.45) is -9.77. The summed E-state index contributed by atoms with van der Waals surface area (Å²) in [5.41, 5.74) is 1.53. The minimum absolute atomic E-state index is 0.857. The van der Waals surface area contributed by atoms with Crippen LogP contribution in [0.2, 0.25) is 0 Å². The number of aliphatic hydroxyl groups excluding tert-OH is 6. The second-order valence-electron chi connectivity index (χ2n) is 3.18. The standard InChI is InChI=1S/C7H16N2O7/c8-9-7(16)6(15)5(14)4(13)3(12)2(11)1-10/h2-6,10-15H,1,8H2,(H,9,16)/t2-,3+,4-,5-,6-/m0/s1. The molecule has 9 nitrogen and oxygen atoms in total. The molecule has 0 bridgehead atoms. The van der Waals surface area contributed by atoms with Crippen molar-refractivity contribution >= 4 is 5.91 Å². The lowest BCUT2D eigenvalue weighted by atomic mass is 9.99. The highest BCUT2D eigenvalue weighted by molar-refractivity contribution is 5.80. The molecule has 0 aliphatic rings. The van der Waals surface area contributed by atoms with E-state index in [1.165, 1.54) is 5.43 Å². The van der Waals surface area contributed by atoms with Gasteiger partial charge in [-0.15, -0.1) is 0 Å². The molecule has 0 aromatic heterocycles. The molecular weight excluding hydrogens is 224 g/mol. The van der Waals surface area contributed by atoms with Gasteiger partial charge in [-0.2, -0.15) is 0 Å². The topological polar surface area (TPSA) is 176 Å². The van der Waals surface area contributed by atoms with E-state index in [-0.39, 0.29) is 0 Å². The summed E-state index contributed by atoms with van der Waals surface area (Å²) < 4.78 is 0. The van der Waals surface area contributed by atoms with E-state index in [4.69, 9.17) is 20.4 Å². The van der Waals surface area contributed by atoms with Crippen LogP contribution in [0.4, 0.5) is 0 Å². The van der Waals surface area contributed by atoms with Crippen molar-refractivity contribution in [2.45, 2.75) is 30.5 Å². The van der Waals surface area contributed by atoms with Gasteiger partial charge in [0.25, 0.3) is 5.91 Å². The van der Waals surface area contributed by atoms with Crippen LogP contribution >= 0.6 is 0 Å². The Labute approximate surface area is 90.7 Å². The Balaban J connectivity index is 4.47. The van der Waals surface area contributed by atoms with Crippen LogP contribution in [0.25, 0.3) is 0 Å². The molecule has 0 rings (SSSR count). The molecule has 0 saturated heterocycles. The Morgan fingerprint density at radius 1 is 1.06 bits per heavy atom. The van der Waals surface area contributed by atoms with E-state index in [9.17, 15) is 15.0 Å². The molecular formula is C7H16N2O7. The van der Waals surface area contributed by atoms with Crippen LogP contribution in [0, 0.1) is 0 Å². The third-order valence-corrected chi connectivity index (χ3v) is 2.02. The van der Waals surface area contributed by atoms with Crippen LogP contribution in [0.3, 0.4) is 0 Å². The zero-order valence-electron chi connectivity index (χ0n) is 8.26. The summed E-state index contributed by atoms with van der Waals surface area (Å²) in [6.45, 7) is -0.857.